The van der Waals surface area contributed by atoms with E-state index >= 15 is 0 Å². The molecule has 25 heavy (non-hydrogen) atoms. The van der Waals surface area contributed by atoms with Gasteiger partial charge in [0.15, 0.2) is 18.6 Å². The van der Waals surface area contributed by atoms with E-state index in [0.29, 0.717) is 0 Å². The molecule has 0 bridgehead atoms. The van der Waals surface area contributed by atoms with Crippen molar-refractivity contribution in [1.82, 2.24) is 0 Å². The Hall–Kier alpha value is -2.24. The highest BCUT2D eigenvalue weighted by Crippen LogP contribution is 2.17. The van der Waals surface area contributed by atoms with Gasteiger partial charge in [-0.2, -0.15) is 0 Å². The number of hydrogen-bond acceptors (Lipinski definition) is 4. The third-order valence-corrected chi connectivity index (χ3v) is 3.82. The number of ether oxygens (including phenoxy) is 2. The molecule has 2 aromatic carbocycles. The molecule has 0 spiro atoms. The monoisotopic (exact) mass is 364 g/mol. The summed E-state index contributed by atoms with van der Waals surface area (Å²) in [4.78, 5) is 22.9. The van der Waals surface area contributed by atoms with Crippen molar-refractivity contribution in [2.24, 2.45) is 0 Å². The first kappa shape index (κ1) is 19.1. The Morgan fingerprint density at radius 1 is 1.08 bits per heavy atom. The molecule has 2 aromatic rings. The molecule has 4 nitrogen and oxygen atoms in total. The second-order valence-corrected chi connectivity index (χ2v) is 5.89. The summed E-state index contributed by atoms with van der Waals surface area (Å²) >= 11 is 6.12. The van der Waals surface area contributed by atoms with E-state index in [1.807, 2.05) is 30.3 Å². The predicted octanol–water partition coefficient (Wildman–Crippen LogP) is 3.57. The van der Waals surface area contributed by atoms with E-state index in [4.69, 9.17) is 21.1 Å². The van der Waals surface area contributed by atoms with E-state index in [1.165, 1.54) is 12.1 Å². The summed E-state index contributed by atoms with van der Waals surface area (Å²) in [6.45, 7) is 0.207. The Labute approximate surface area is 150 Å². The van der Waals surface area contributed by atoms with Gasteiger partial charge in [0.2, 0.25) is 0 Å². The van der Waals surface area contributed by atoms with Crippen LogP contribution in [0.2, 0.25) is 0 Å². The normalized spacial score (nSPS) is 14.3. The van der Waals surface area contributed by atoms with Crippen molar-refractivity contribution in [3.63, 3.8) is 0 Å². The number of alkyl halides is 2. The van der Waals surface area contributed by atoms with Crippen LogP contribution in [-0.4, -0.2) is 36.5 Å². The maximum atomic E-state index is 13.9. The average molecular weight is 365 g/mol. The number of carbonyl (C=O) groups excluding carboxylic acids is 2. The van der Waals surface area contributed by atoms with Crippen molar-refractivity contribution in [3.05, 3.63) is 71.8 Å². The largest absolute Gasteiger partial charge is 0.454 e. The molecule has 3 unspecified atom stereocenters. The second-order valence-electron chi connectivity index (χ2n) is 5.33. The highest BCUT2D eigenvalue weighted by atomic mass is 35.5. The van der Waals surface area contributed by atoms with Gasteiger partial charge in [-0.15, -0.1) is 11.6 Å². The Balaban J connectivity index is 1.93. The van der Waals surface area contributed by atoms with Gasteiger partial charge in [0.1, 0.15) is 0 Å². The van der Waals surface area contributed by atoms with Gasteiger partial charge in [-0.1, -0.05) is 48.5 Å². The number of carbonyl (C=O) groups is 2. The number of rotatable bonds is 9. The number of esters is 1. The lowest BCUT2D eigenvalue weighted by molar-refractivity contribution is -0.116. The molecule has 6 heteroatoms. The third kappa shape index (κ3) is 5.96. The molecule has 0 saturated heterocycles. The topological polar surface area (TPSA) is 52.6 Å². The fourth-order valence-corrected chi connectivity index (χ4v) is 2.42. The quantitative estimate of drug-likeness (QED) is 0.388. The lowest BCUT2D eigenvalue weighted by atomic mass is 10.1. The van der Waals surface area contributed by atoms with E-state index in [9.17, 15) is 14.0 Å². The second kappa shape index (κ2) is 9.91. The minimum Gasteiger partial charge on any atom is -0.454 e. The summed E-state index contributed by atoms with van der Waals surface area (Å²) in [5.41, 5.74) is 1.18. The van der Waals surface area contributed by atoms with Crippen LogP contribution in [0, 0.1) is 0 Å². The molecule has 0 saturated carbocycles. The standard InChI is InChI=1S/C19H18ClFO4/c20-16(13-24-12-14-7-3-1-4-8-14)18(17(21)11-22)25-19(23)15-9-5-2-6-10-15/h1-11,16-18H,12-13H2. The summed E-state index contributed by atoms with van der Waals surface area (Å²) in [6.07, 6.45) is -3.40. The molecule has 0 aliphatic rings. The lowest BCUT2D eigenvalue weighted by Crippen LogP contribution is -2.39. The first-order valence-corrected chi connectivity index (χ1v) is 8.16. The van der Waals surface area contributed by atoms with Gasteiger partial charge in [0, 0.05) is 0 Å². The minimum atomic E-state index is -2.03. The molecule has 0 radical (unpaired) electrons. The summed E-state index contributed by atoms with van der Waals surface area (Å²) in [5.74, 6) is -0.746. The van der Waals surface area contributed by atoms with Crippen LogP contribution in [0.4, 0.5) is 4.39 Å². The first-order valence-electron chi connectivity index (χ1n) is 7.73. The number of benzene rings is 2. The van der Waals surface area contributed by atoms with Gasteiger partial charge >= 0.3 is 5.97 Å². The zero-order valence-corrected chi connectivity index (χ0v) is 14.1. The molecule has 2 rings (SSSR count). The van der Waals surface area contributed by atoms with Crippen LogP contribution in [-0.2, 0) is 20.9 Å². The fourth-order valence-electron chi connectivity index (χ4n) is 2.14. The van der Waals surface area contributed by atoms with E-state index in [2.05, 4.69) is 0 Å². The zero-order chi connectivity index (χ0) is 18.1. The van der Waals surface area contributed by atoms with Crippen molar-refractivity contribution < 1.29 is 23.5 Å². The molecular formula is C19H18ClFO4. The van der Waals surface area contributed by atoms with Crippen LogP contribution in [0.25, 0.3) is 0 Å². The smallest absolute Gasteiger partial charge is 0.338 e. The Morgan fingerprint density at radius 3 is 2.28 bits per heavy atom. The molecule has 0 aliphatic carbocycles. The molecular weight excluding hydrogens is 347 g/mol. The van der Waals surface area contributed by atoms with Gasteiger partial charge < -0.3 is 9.47 Å². The lowest BCUT2D eigenvalue weighted by Gasteiger charge is -2.23. The molecule has 0 fully saturated rings. The van der Waals surface area contributed by atoms with Crippen molar-refractivity contribution >= 4 is 23.9 Å². The summed E-state index contributed by atoms with van der Waals surface area (Å²) in [6, 6.07) is 17.5. The fraction of sp³-hybridized carbons (Fsp3) is 0.263. The van der Waals surface area contributed by atoms with Crippen molar-refractivity contribution in [2.75, 3.05) is 6.61 Å². The summed E-state index contributed by atoms with van der Waals surface area (Å²) < 4.78 is 24.4. The molecule has 0 heterocycles. The van der Waals surface area contributed by atoms with Crippen molar-refractivity contribution in [1.29, 1.82) is 0 Å². The van der Waals surface area contributed by atoms with Crippen LogP contribution in [0.15, 0.2) is 60.7 Å². The Morgan fingerprint density at radius 2 is 1.68 bits per heavy atom. The predicted molar refractivity (Wildman–Crippen MR) is 92.3 cm³/mol. The molecule has 0 aliphatic heterocycles. The highest BCUT2D eigenvalue weighted by molar-refractivity contribution is 6.21. The van der Waals surface area contributed by atoms with Gasteiger partial charge in [-0.25, -0.2) is 9.18 Å². The van der Waals surface area contributed by atoms with Gasteiger partial charge in [0.25, 0.3) is 0 Å². The SMILES string of the molecule is O=CC(F)C(OC(=O)c1ccccc1)C(Cl)COCc1ccccc1. The molecule has 132 valence electrons. The van der Waals surface area contributed by atoms with Crippen LogP contribution in [0.5, 0.6) is 0 Å². The average Bonchev–Trinajstić information content (AvgIpc) is 2.66. The maximum Gasteiger partial charge on any atom is 0.338 e. The molecule has 0 N–H and O–H groups in total. The first-order chi connectivity index (χ1) is 12.1. The zero-order valence-electron chi connectivity index (χ0n) is 13.4. The minimum absolute atomic E-state index is 0.0650. The van der Waals surface area contributed by atoms with E-state index in [1.54, 1.807) is 18.2 Å². The maximum absolute atomic E-state index is 13.9. The van der Waals surface area contributed by atoms with E-state index in [-0.39, 0.29) is 25.1 Å². The highest BCUT2D eigenvalue weighted by Gasteiger charge is 2.32. The molecule has 3 atom stereocenters. The van der Waals surface area contributed by atoms with E-state index in [0.717, 1.165) is 5.56 Å². The molecule has 0 aromatic heterocycles. The van der Waals surface area contributed by atoms with Crippen LogP contribution < -0.4 is 0 Å². The van der Waals surface area contributed by atoms with Crippen LogP contribution in [0.1, 0.15) is 15.9 Å². The number of aldehydes is 1. The summed E-state index contributed by atoms with van der Waals surface area (Å²) in [7, 11) is 0. The summed E-state index contributed by atoms with van der Waals surface area (Å²) in [5, 5.41) is -1.00. The van der Waals surface area contributed by atoms with Gasteiger partial charge in [-0.05, 0) is 17.7 Å². The van der Waals surface area contributed by atoms with Gasteiger partial charge in [0.05, 0.1) is 24.2 Å². The third-order valence-electron chi connectivity index (χ3n) is 3.44. The Bertz CT molecular complexity index is 666. The Kier molecular flexibility index (Phi) is 7.57. The number of halogens is 2. The van der Waals surface area contributed by atoms with Crippen LogP contribution in [0.3, 0.4) is 0 Å². The van der Waals surface area contributed by atoms with E-state index < -0.39 is 23.6 Å². The molecule has 0 amide bonds. The number of hydrogen-bond donors (Lipinski definition) is 0. The van der Waals surface area contributed by atoms with Gasteiger partial charge in [-0.3, -0.25) is 4.79 Å². The van der Waals surface area contributed by atoms with Crippen LogP contribution >= 0.6 is 11.6 Å². The van der Waals surface area contributed by atoms with Crippen molar-refractivity contribution in [2.45, 2.75) is 24.3 Å². The van der Waals surface area contributed by atoms with Crippen molar-refractivity contribution in [3.8, 4) is 0 Å².